The fraction of sp³-hybridized carbons (Fsp3) is 0.500. The summed E-state index contributed by atoms with van der Waals surface area (Å²) in [6.45, 7) is 7.21. The van der Waals surface area contributed by atoms with Gasteiger partial charge in [0.15, 0.2) is 5.96 Å². The molecule has 7 nitrogen and oxygen atoms in total. The SMILES string of the molecule is CCNC(=NCc1coc(-c2ccc(C)cc2)n1)N1CCC(CC(=O)NC)CC1. The summed E-state index contributed by atoms with van der Waals surface area (Å²) < 4.78 is 5.64. The van der Waals surface area contributed by atoms with Crippen molar-refractivity contribution in [3.05, 3.63) is 41.8 Å². The van der Waals surface area contributed by atoms with E-state index in [1.54, 1.807) is 13.3 Å². The summed E-state index contributed by atoms with van der Waals surface area (Å²) in [4.78, 5) is 23.2. The third kappa shape index (κ3) is 5.82. The van der Waals surface area contributed by atoms with Gasteiger partial charge in [0.2, 0.25) is 11.8 Å². The Kier molecular flexibility index (Phi) is 7.27. The van der Waals surface area contributed by atoms with Crippen LogP contribution < -0.4 is 10.6 Å². The van der Waals surface area contributed by atoms with Crippen LogP contribution in [0.25, 0.3) is 11.5 Å². The lowest BCUT2D eigenvalue weighted by Crippen LogP contribution is -2.46. The first-order chi connectivity index (χ1) is 14.1. The van der Waals surface area contributed by atoms with Crippen LogP contribution in [0.4, 0.5) is 0 Å². The van der Waals surface area contributed by atoms with E-state index in [1.165, 1.54) is 5.56 Å². The number of carbonyl (C=O) groups excluding carboxylic acids is 1. The minimum atomic E-state index is 0.124. The first-order valence-electron chi connectivity index (χ1n) is 10.3. The van der Waals surface area contributed by atoms with Gasteiger partial charge in [0.25, 0.3) is 0 Å². The lowest BCUT2D eigenvalue weighted by molar-refractivity contribution is -0.121. The molecule has 0 bridgehead atoms. The van der Waals surface area contributed by atoms with E-state index in [-0.39, 0.29) is 5.91 Å². The van der Waals surface area contributed by atoms with Gasteiger partial charge >= 0.3 is 0 Å². The molecule has 156 valence electrons. The topological polar surface area (TPSA) is 82.8 Å². The van der Waals surface area contributed by atoms with Crippen molar-refractivity contribution in [1.29, 1.82) is 0 Å². The van der Waals surface area contributed by atoms with Crippen molar-refractivity contribution < 1.29 is 9.21 Å². The predicted octanol–water partition coefficient (Wildman–Crippen LogP) is 2.96. The van der Waals surface area contributed by atoms with Gasteiger partial charge in [-0.25, -0.2) is 9.98 Å². The van der Waals surface area contributed by atoms with Crippen molar-refractivity contribution in [2.45, 2.75) is 39.7 Å². The third-order valence-electron chi connectivity index (χ3n) is 5.24. The summed E-state index contributed by atoms with van der Waals surface area (Å²) >= 11 is 0. The molecule has 2 N–H and O–H groups in total. The zero-order valence-corrected chi connectivity index (χ0v) is 17.6. The van der Waals surface area contributed by atoms with Crippen LogP contribution in [0.1, 0.15) is 37.4 Å². The van der Waals surface area contributed by atoms with Crippen LogP contribution in [0.15, 0.2) is 39.9 Å². The maximum atomic E-state index is 11.6. The maximum Gasteiger partial charge on any atom is 0.226 e. The second-order valence-corrected chi connectivity index (χ2v) is 7.49. The smallest absolute Gasteiger partial charge is 0.226 e. The van der Waals surface area contributed by atoms with Gasteiger partial charge in [-0.15, -0.1) is 0 Å². The van der Waals surface area contributed by atoms with Gasteiger partial charge in [0, 0.05) is 38.7 Å². The summed E-state index contributed by atoms with van der Waals surface area (Å²) in [6, 6.07) is 8.13. The highest BCUT2D eigenvalue weighted by Crippen LogP contribution is 2.21. The van der Waals surface area contributed by atoms with Gasteiger partial charge in [-0.3, -0.25) is 4.79 Å². The van der Waals surface area contributed by atoms with Crippen LogP contribution in [-0.2, 0) is 11.3 Å². The Morgan fingerprint density at radius 3 is 2.66 bits per heavy atom. The average molecular weight is 398 g/mol. The molecule has 0 spiro atoms. The van der Waals surface area contributed by atoms with Crippen LogP contribution in [0, 0.1) is 12.8 Å². The lowest BCUT2D eigenvalue weighted by atomic mass is 9.93. The molecule has 2 aromatic rings. The fourth-order valence-electron chi connectivity index (χ4n) is 3.50. The molecule has 0 atom stereocenters. The number of hydrogen-bond donors (Lipinski definition) is 2. The summed E-state index contributed by atoms with van der Waals surface area (Å²) in [6.07, 6.45) is 4.29. The molecule has 1 aliphatic heterocycles. The number of carbonyl (C=O) groups is 1. The quantitative estimate of drug-likeness (QED) is 0.578. The maximum absolute atomic E-state index is 11.6. The van der Waals surface area contributed by atoms with Gasteiger partial charge < -0.3 is 20.0 Å². The van der Waals surface area contributed by atoms with Crippen molar-refractivity contribution in [2.24, 2.45) is 10.9 Å². The summed E-state index contributed by atoms with van der Waals surface area (Å²) in [5, 5.41) is 6.09. The molecular weight excluding hydrogens is 366 g/mol. The van der Waals surface area contributed by atoms with E-state index in [1.807, 2.05) is 24.3 Å². The minimum absolute atomic E-state index is 0.124. The van der Waals surface area contributed by atoms with E-state index in [0.29, 0.717) is 24.8 Å². The van der Waals surface area contributed by atoms with E-state index in [0.717, 1.165) is 49.7 Å². The average Bonchev–Trinajstić information content (AvgIpc) is 3.21. The van der Waals surface area contributed by atoms with E-state index in [4.69, 9.17) is 9.41 Å². The Morgan fingerprint density at radius 2 is 2.00 bits per heavy atom. The second kappa shape index (κ2) is 10.1. The number of hydrogen-bond acceptors (Lipinski definition) is 4. The lowest BCUT2D eigenvalue weighted by Gasteiger charge is -2.34. The number of nitrogens with one attached hydrogen (secondary N) is 2. The Morgan fingerprint density at radius 1 is 1.28 bits per heavy atom. The van der Waals surface area contributed by atoms with E-state index in [2.05, 4.69) is 34.4 Å². The van der Waals surface area contributed by atoms with Gasteiger partial charge in [0.05, 0.1) is 6.54 Å². The first-order valence-corrected chi connectivity index (χ1v) is 10.3. The predicted molar refractivity (Wildman–Crippen MR) is 114 cm³/mol. The second-order valence-electron chi connectivity index (χ2n) is 7.49. The molecule has 7 heteroatoms. The number of piperidine rings is 1. The molecule has 0 radical (unpaired) electrons. The Bertz CT molecular complexity index is 820. The van der Waals surface area contributed by atoms with Crippen molar-refractivity contribution in [2.75, 3.05) is 26.7 Å². The molecule has 1 saturated heterocycles. The van der Waals surface area contributed by atoms with Gasteiger partial charge in [-0.2, -0.15) is 0 Å². The zero-order chi connectivity index (χ0) is 20.6. The Balaban J connectivity index is 1.60. The van der Waals surface area contributed by atoms with E-state index >= 15 is 0 Å². The van der Waals surface area contributed by atoms with Crippen molar-refractivity contribution in [3.8, 4) is 11.5 Å². The number of rotatable bonds is 6. The number of aryl methyl sites for hydroxylation is 1. The largest absolute Gasteiger partial charge is 0.444 e. The number of guanidine groups is 1. The molecule has 0 unspecified atom stereocenters. The molecule has 1 aromatic heterocycles. The zero-order valence-electron chi connectivity index (χ0n) is 17.6. The molecular formula is C22H31N5O2. The van der Waals surface area contributed by atoms with Gasteiger partial charge in [-0.1, -0.05) is 17.7 Å². The Labute approximate surface area is 172 Å². The van der Waals surface area contributed by atoms with Gasteiger partial charge in [-0.05, 0) is 44.7 Å². The molecule has 3 rings (SSSR count). The molecule has 2 heterocycles. The normalized spacial score (nSPS) is 15.4. The number of benzene rings is 1. The molecule has 1 aromatic carbocycles. The van der Waals surface area contributed by atoms with Crippen LogP contribution in [0.3, 0.4) is 0 Å². The monoisotopic (exact) mass is 397 g/mol. The number of amides is 1. The summed E-state index contributed by atoms with van der Waals surface area (Å²) in [5.41, 5.74) is 2.99. The molecule has 0 aliphatic carbocycles. The van der Waals surface area contributed by atoms with Gasteiger partial charge in [0.1, 0.15) is 12.0 Å². The van der Waals surface area contributed by atoms with Crippen LogP contribution >= 0.6 is 0 Å². The number of oxazole rings is 1. The minimum Gasteiger partial charge on any atom is -0.444 e. The molecule has 1 aliphatic rings. The van der Waals surface area contributed by atoms with Crippen molar-refractivity contribution >= 4 is 11.9 Å². The highest BCUT2D eigenvalue weighted by molar-refractivity contribution is 5.80. The summed E-state index contributed by atoms with van der Waals surface area (Å²) in [5.74, 6) is 2.09. The van der Waals surface area contributed by atoms with Crippen molar-refractivity contribution in [1.82, 2.24) is 20.5 Å². The third-order valence-corrected chi connectivity index (χ3v) is 5.24. The van der Waals surface area contributed by atoms with E-state index in [9.17, 15) is 4.79 Å². The summed E-state index contributed by atoms with van der Waals surface area (Å²) in [7, 11) is 1.70. The van der Waals surface area contributed by atoms with Crippen LogP contribution in [0.2, 0.25) is 0 Å². The molecule has 1 amide bonds. The van der Waals surface area contributed by atoms with Crippen LogP contribution in [0.5, 0.6) is 0 Å². The van der Waals surface area contributed by atoms with Crippen LogP contribution in [-0.4, -0.2) is 48.4 Å². The Hall–Kier alpha value is -2.83. The molecule has 1 fully saturated rings. The fourth-order valence-corrected chi connectivity index (χ4v) is 3.50. The first kappa shape index (κ1) is 20.9. The standard InChI is InChI=1S/C22H31N5O2/c1-4-24-22(27-11-9-17(10-12-27)13-20(28)23-3)25-14-19-15-29-21(26-19)18-7-5-16(2)6-8-18/h5-8,15,17H,4,9-14H2,1-3H3,(H,23,28)(H,24,25). The van der Waals surface area contributed by atoms with Crippen molar-refractivity contribution in [3.63, 3.8) is 0 Å². The highest BCUT2D eigenvalue weighted by Gasteiger charge is 2.23. The number of aliphatic imine (C=N–C) groups is 1. The number of aromatic nitrogens is 1. The molecule has 0 saturated carbocycles. The van der Waals surface area contributed by atoms with E-state index < -0.39 is 0 Å². The number of nitrogens with zero attached hydrogens (tertiary/aromatic N) is 3. The number of likely N-dealkylation sites (tertiary alicyclic amines) is 1. The molecule has 29 heavy (non-hydrogen) atoms. The highest BCUT2D eigenvalue weighted by atomic mass is 16.3.